The maximum atomic E-state index is 10.7. The molecule has 0 atom stereocenters. The average molecular weight is 262 g/mol. The molecule has 0 unspecified atom stereocenters. The van der Waals surface area contributed by atoms with Crippen molar-refractivity contribution in [2.24, 2.45) is 0 Å². The molecular weight excluding hydrogens is 252 g/mol. The second-order valence-corrected chi connectivity index (χ2v) is 3.89. The fourth-order valence-corrected chi connectivity index (χ4v) is 1.67. The third-order valence-electron chi connectivity index (χ3n) is 2.59. The SMILES string of the molecule is O=C(O)c1cc(COc2ccc3c(c2)OCO3)[nH]n1. The van der Waals surface area contributed by atoms with Crippen LogP contribution in [0.2, 0.25) is 0 Å². The summed E-state index contributed by atoms with van der Waals surface area (Å²) in [4.78, 5) is 10.7. The largest absolute Gasteiger partial charge is 0.487 e. The lowest BCUT2D eigenvalue weighted by Gasteiger charge is -2.05. The van der Waals surface area contributed by atoms with Crippen LogP contribution in [-0.2, 0) is 6.61 Å². The van der Waals surface area contributed by atoms with Crippen molar-refractivity contribution in [3.8, 4) is 17.2 Å². The predicted molar refractivity (Wildman–Crippen MR) is 62.4 cm³/mol. The quantitative estimate of drug-likeness (QED) is 0.865. The van der Waals surface area contributed by atoms with Crippen LogP contribution in [0, 0.1) is 0 Å². The van der Waals surface area contributed by atoms with Crippen molar-refractivity contribution in [1.29, 1.82) is 0 Å². The molecule has 2 aromatic rings. The summed E-state index contributed by atoms with van der Waals surface area (Å²) in [5.74, 6) is 0.844. The number of hydrogen-bond donors (Lipinski definition) is 2. The topological polar surface area (TPSA) is 93.7 Å². The molecule has 98 valence electrons. The minimum Gasteiger partial charge on any atom is -0.487 e. The van der Waals surface area contributed by atoms with Gasteiger partial charge in [-0.25, -0.2) is 4.79 Å². The zero-order valence-electron chi connectivity index (χ0n) is 9.75. The van der Waals surface area contributed by atoms with Crippen LogP contribution >= 0.6 is 0 Å². The van der Waals surface area contributed by atoms with E-state index in [1.54, 1.807) is 18.2 Å². The highest BCUT2D eigenvalue weighted by molar-refractivity contribution is 5.85. The van der Waals surface area contributed by atoms with Crippen LogP contribution in [-0.4, -0.2) is 28.1 Å². The molecule has 2 heterocycles. The number of nitrogens with zero attached hydrogens (tertiary/aromatic N) is 1. The van der Waals surface area contributed by atoms with Crippen molar-refractivity contribution in [1.82, 2.24) is 10.2 Å². The van der Waals surface area contributed by atoms with E-state index in [1.807, 2.05) is 0 Å². The van der Waals surface area contributed by atoms with Crippen molar-refractivity contribution in [3.63, 3.8) is 0 Å². The summed E-state index contributed by atoms with van der Waals surface area (Å²) in [6, 6.07) is 6.65. The molecule has 1 aromatic heterocycles. The maximum Gasteiger partial charge on any atom is 0.356 e. The molecule has 0 saturated carbocycles. The summed E-state index contributed by atoms with van der Waals surface area (Å²) in [7, 11) is 0. The lowest BCUT2D eigenvalue weighted by molar-refractivity contribution is 0.0690. The van der Waals surface area contributed by atoms with E-state index in [0.717, 1.165) is 0 Å². The van der Waals surface area contributed by atoms with Gasteiger partial charge < -0.3 is 19.3 Å². The summed E-state index contributed by atoms with van der Waals surface area (Å²) < 4.78 is 15.9. The van der Waals surface area contributed by atoms with Gasteiger partial charge in [-0.3, -0.25) is 5.10 Å². The van der Waals surface area contributed by atoms with Crippen LogP contribution in [0.15, 0.2) is 24.3 Å². The molecule has 0 spiro atoms. The molecule has 0 aliphatic carbocycles. The molecule has 7 nitrogen and oxygen atoms in total. The highest BCUT2D eigenvalue weighted by Gasteiger charge is 2.14. The van der Waals surface area contributed by atoms with Crippen LogP contribution < -0.4 is 14.2 Å². The van der Waals surface area contributed by atoms with Crippen LogP contribution in [0.4, 0.5) is 0 Å². The van der Waals surface area contributed by atoms with Crippen molar-refractivity contribution in [3.05, 3.63) is 35.7 Å². The molecular formula is C12H10N2O5. The van der Waals surface area contributed by atoms with Gasteiger partial charge in [-0.1, -0.05) is 0 Å². The van der Waals surface area contributed by atoms with Gasteiger partial charge in [0.05, 0.1) is 5.69 Å². The van der Waals surface area contributed by atoms with Crippen molar-refractivity contribution < 1.29 is 24.1 Å². The van der Waals surface area contributed by atoms with Crippen molar-refractivity contribution >= 4 is 5.97 Å². The fourth-order valence-electron chi connectivity index (χ4n) is 1.67. The van der Waals surface area contributed by atoms with E-state index in [2.05, 4.69) is 10.2 Å². The van der Waals surface area contributed by atoms with Crippen LogP contribution in [0.1, 0.15) is 16.2 Å². The molecule has 0 bridgehead atoms. The zero-order valence-corrected chi connectivity index (χ0v) is 9.75. The Balaban J connectivity index is 1.67. The number of H-pyrrole nitrogens is 1. The molecule has 0 fully saturated rings. The molecule has 19 heavy (non-hydrogen) atoms. The van der Waals surface area contributed by atoms with Gasteiger partial charge in [-0.05, 0) is 18.2 Å². The van der Waals surface area contributed by atoms with Gasteiger partial charge in [0.2, 0.25) is 6.79 Å². The first-order chi connectivity index (χ1) is 9.22. The molecule has 0 amide bonds. The molecule has 3 rings (SSSR count). The summed E-state index contributed by atoms with van der Waals surface area (Å²) in [5.41, 5.74) is 0.541. The van der Waals surface area contributed by atoms with Gasteiger partial charge >= 0.3 is 5.97 Å². The Morgan fingerprint density at radius 2 is 2.21 bits per heavy atom. The van der Waals surface area contributed by atoms with Gasteiger partial charge in [-0.2, -0.15) is 5.10 Å². The number of carboxylic acids is 1. The zero-order chi connectivity index (χ0) is 13.2. The standard InChI is InChI=1S/C12H10N2O5/c15-12(16)9-3-7(13-14-9)5-17-8-1-2-10-11(4-8)19-6-18-10/h1-4H,5-6H2,(H,13,14)(H,15,16). The summed E-state index contributed by atoms with van der Waals surface area (Å²) in [6.07, 6.45) is 0. The second kappa shape index (κ2) is 4.52. The van der Waals surface area contributed by atoms with E-state index in [-0.39, 0.29) is 19.1 Å². The first kappa shape index (κ1) is 11.4. The first-order valence-corrected chi connectivity index (χ1v) is 5.52. The van der Waals surface area contributed by atoms with E-state index >= 15 is 0 Å². The minimum absolute atomic E-state index is 0.0377. The number of benzene rings is 1. The molecule has 1 aliphatic heterocycles. The molecule has 0 saturated heterocycles. The van der Waals surface area contributed by atoms with Gasteiger partial charge in [0.1, 0.15) is 12.4 Å². The number of aromatic carboxylic acids is 1. The minimum atomic E-state index is -1.08. The number of ether oxygens (including phenoxy) is 3. The predicted octanol–water partition coefficient (Wildman–Crippen LogP) is 1.42. The number of nitrogens with one attached hydrogen (secondary N) is 1. The highest BCUT2D eigenvalue weighted by Crippen LogP contribution is 2.35. The Bertz CT molecular complexity index is 622. The summed E-state index contributed by atoms with van der Waals surface area (Å²) in [5, 5.41) is 15.0. The van der Waals surface area contributed by atoms with Gasteiger partial charge in [0, 0.05) is 6.07 Å². The van der Waals surface area contributed by atoms with Gasteiger partial charge in [0.15, 0.2) is 17.2 Å². The van der Waals surface area contributed by atoms with Gasteiger partial charge in [0.25, 0.3) is 0 Å². The lowest BCUT2D eigenvalue weighted by atomic mass is 10.3. The Morgan fingerprint density at radius 3 is 3.00 bits per heavy atom. The van der Waals surface area contributed by atoms with E-state index in [1.165, 1.54) is 6.07 Å². The first-order valence-electron chi connectivity index (χ1n) is 5.52. The maximum absolute atomic E-state index is 10.7. The van der Waals surface area contributed by atoms with E-state index < -0.39 is 5.97 Å². The number of rotatable bonds is 4. The molecule has 2 N–H and O–H groups in total. The van der Waals surface area contributed by atoms with E-state index in [4.69, 9.17) is 19.3 Å². The highest BCUT2D eigenvalue weighted by atomic mass is 16.7. The monoisotopic (exact) mass is 262 g/mol. The Hall–Kier alpha value is -2.70. The Kier molecular flexibility index (Phi) is 2.71. The Morgan fingerprint density at radius 1 is 1.37 bits per heavy atom. The Labute approximate surface area is 107 Å². The van der Waals surface area contributed by atoms with E-state index in [0.29, 0.717) is 22.9 Å². The molecule has 1 aliphatic rings. The fraction of sp³-hybridized carbons (Fsp3) is 0.167. The number of hydrogen-bond acceptors (Lipinski definition) is 5. The number of carboxylic acid groups (broad SMARTS) is 1. The summed E-state index contributed by atoms with van der Waals surface area (Å²) >= 11 is 0. The van der Waals surface area contributed by atoms with Gasteiger partial charge in [-0.15, -0.1) is 0 Å². The molecule has 1 aromatic carbocycles. The van der Waals surface area contributed by atoms with Crippen LogP contribution in [0.5, 0.6) is 17.2 Å². The number of aromatic nitrogens is 2. The molecule has 7 heteroatoms. The third kappa shape index (κ3) is 2.30. The third-order valence-corrected chi connectivity index (χ3v) is 2.59. The molecule has 0 radical (unpaired) electrons. The van der Waals surface area contributed by atoms with Crippen molar-refractivity contribution in [2.45, 2.75) is 6.61 Å². The number of aromatic amines is 1. The lowest BCUT2D eigenvalue weighted by Crippen LogP contribution is -1.96. The van der Waals surface area contributed by atoms with Crippen LogP contribution in [0.3, 0.4) is 0 Å². The van der Waals surface area contributed by atoms with E-state index in [9.17, 15) is 4.79 Å². The number of fused-ring (bicyclic) bond motifs is 1. The van der Waals surface area contributed by atoms with Crippen molar-refractivity contribution in [2.75, 3.05) is 6.79 Å². The second-order valence-electron chi connectivity index (χ2n) is 3.89. The van der Waals surface area contributed by atoms with Crippen LogP contribution in [0.25, 0.3) is 0 Å². The average Bonchev–Trinajstić information content (AvgIpc) is 3.04. The normalized spacial score (nSPS) is 12.4. The smallest absolute Gasteiger partial charge is 0.356 e. The summed E-state index contributed by atoms with van der Waals surface area (Å²) in [6.45, 7) is 0.404. The number of carbonyl (C=O) groups is 1.